The van der Waals surface area contributed by atoms with Crippen molar-refractivity contribution in [3.63, 3.8) is 0 Å². The van der Waals surface area contributed by atoms with Gasteiger partial charge in [0.2, 0.25) is 0 Å². The van der Waals surface area contributed by atoms with Gasteiger partial charge in [0.25, 0.3) is 5.91 Å². The largest absolute Gasteiger partial charge is 0.497 e. The van der Waals surface area contributed by atoms with Crippen molar-refractivity contribution in [3.8, 4) is 22.6 Å². The van der Waals surface area contributed by atoms with Crippen molar-refractivity contribution in [1.29, 1.82) is 0 Å². The SMILES string of the molecule is COc1cccc(-c2ccc(CNC(=O)c3cnn(-c4ccccc4)c3CF)c3cnccc23)c1. The maximum atomic E-state index is 13.9. The molecule has 35 heavy (non-hydrogen) atoms. The van der Waals surface area contributed by atoms with Gasteiger partial charge in [0.1, 0.15) is 12.4 Å². The summed E-state index contributed by atoms with van der Waals surface area (Å²) in [5.74, 6) is 0.398. The molecule has 0 saturated heterocycles. The van der Waals surface area contributed by atoms with Crippen molar-refractivity contribution in [2.24, 2.45) is 0 Å². The molecule has 3 aromatic carbocycles. The van der Waals surface area contributed by atoms with Crippen molar-refractivity contribution < 1.29 is 13.9 Å². The maximum absolute atomic E-state index is 13.9. The molecular formula is C28H23FN4O2. The van der Waals surface area contributed by atoms with E-state index in [1.54, 1.807) is 19.5 Å². The van der Waals surface area contributed by atoms with Gasteiger partial charge >= 0.3 is 0 Å². The van der Waals surface area contributed by atoms with E-state index < -0.39 is 6.67 Å². The number of pyridine rings is 1. The number of hydrogen-bond acceptors (Lipinski definition) is 4. The Kier molecular flexibility index (Phi) is 6.22. The van der Waals surface area contributed by atoms with Crippen LogP contribution in [0.15, 0.2) is 91.4 Å². The van der Waals surface area contributed by atoms with Crippen LogP contribution in [0, 0.1) is 0 Å². The van der Waals surface area contributed by atoms with E-state index in [9.17, 15) is 9.18 Å². The molecule has 0 unspecified atom stereocenters. The lowest BCUT2D eigenvalue weighted by atomic mass is 9.96. The molecule has 7 heteroatoms. The van der Waals surface area contributed by atoms with Gasteiger partial charge < -0.3 is 10.1 Å². The highest BCUT2D eigenvalue weighted by Crippen LogP contribution is 2.32. The van der Waals surface area contributed by atoms with Crippen LogP contribution >= 0.6 is 0 Å². The van der Waals surface area contributed by atoms with Crippen LogP contribution in [-0.4, -0.2) is 27.8 Å². The minimum atomic E-state index is -0.806. The Morgan fingerprint density at radius 3 is 2.66 bits per heavy atom. The number of hydrogen-bond donors (Lipinski definition) is 1. The van der Waals surface area contributed by atoms with Gasteiger partial charge in [0.15, 0.2) is 0 Å². The van der Waals surface area contributed by atoms with Crippen LogP contribution in [0.4, 0.5) is 4.39 Å². The van der Waals surface area contributed by atoms with Crippen LogP contribution in [0.1, 0.15) is 21.6 Å². The number of alkyl halides is 1. The fraction of sp³-hybridized carbons (Fsp3) is 0.107. The number of para-hydroxylation sites is 1. The van der Waals surface area contributed by atoms with E-state index in [1.807, 2.05) is 72.8 Å². The Morgan fingerprint density at radius 1 is 1.00 bits per heavy atom. The zero-order chi connectivity index (χ0) is 24.2. The summed E-state index contributed by atoms with van der Waals surface area (Å²) >= 11 is 0. The van der Waals surface area contributed by atoms with Crippen LogP contribution in [0.2, 0.25) is 0 Å². The first-order valence-electron chi connectivity index (χ1n) is 11.2. The molecule has 0 aliphatic carbocycles. The molecule has 0 aliphatic rings. The summed E-state index contributed by atoms with van der Waals surface area (Å²) in [7, 11) is 1.64. The van der Waals surface area contributed by atoms with Crippen LogP contribution in [0.5, 0.6) is 5.75 Å². The average molecular weight is 467 g/mol. The number of methoxy groups -OCH3 is 1. The molecule has 5 rings (SSSR count). The highest BCUT2D eigenvalue weighted by atomic mass is 19.1. The van der Waals surface area contributed by atoms with Crippen LogP contribution in [-0.2, 0) is 13.2 Å². The predicted octanol–water partition coefficient (Wildman–Crippen LogP) is 5.50. The molecule has 2 heterocycles. The van der Waals surface area contributed by atoms with Gasteiger partial charge in [-0.1, -0.05) is 42.5 Å². The minimum absolute atomic E-state index is 0.215. The quantitative estimate of drug-likeness (QED) is 0.344. The summed E-state index contributed by atoms with van der Waals surface area (Å²) in [5.41, 5.74) is 4.10. The third-order valence-electron chi connectivity index (χ3n) is 5.97. The molecule has 0 saturated carbocycles. The number of fused-ring (bicyclic) bond motifs is 1. The number of rotatable bonds is 7. The Morgan fingerprint density at radius 2 is 1.86 bits per heavy atom. The monoisotopic (exact) mass is 466 g/mol. The van der Waals surface area contributed by atoms with Crippen LogP contribution in [0.3, 0.4) is 0 Å². The van der Waals surface area contributed by atoms with Crippen LogP contribution in [0.25, 0.3) is 27.6 Å². The lowest BCUT2D eigenvalue weighted by Gasteiger charge is -2.13. The fourth-order valence-electron chi connectivity index (χ4n) is 4.20. The minimum Gasteiger partial charge on any atom is -0.497 e. The topological polar surface area (TPSA) is 69.0 Å². The number of aromatic nitrogens is 3. The molecule has 0 spiro atoms. The Balaban J connectivity index is 1.42. The number of ether oxygens (including phenoxy) is 1. The molecule has 174 valence electrons. The first-order valence-corrected chi connectivity index (χ1v) is 11.2. The van der Waals surface area contributed by atoms with Gasteiger partial charge in [-0.15, -0.1) is 0 Å². The van der Waals surface area contributed by atoms with E-state index >= 15 is 0 Å². The lowest BCUT2D eigenvalue weighted by molar-refractivity contribution is 0.0949. The average Bonchev–Trinajstić information content (AvgIpc) is 3.36. The Hall–Kier alpha value is -4.52. The van der Waals surface area contributed by atoms with E-state index in [2.05, 4.69) is 15.4 Å². The van der Waals surface area contributed by atoms with Gasteiger partial charge in [-0.3, -0.25) is 9.78 Å². The molecule has 0 atom stereocenters. The van der Waals surface area contributed by atoms with Crippen molar-refractivity contribution in [2.45, 2.75) is 13.2 Å². The summed E-state index contributed by atoms with van der Waals surface area (Å²) in [5, 5.41) is 9.10. The van der Waals surface area contributed by atoms with Crippen molar-refractivity contribution >= 4 is 16.7 Å². The van der Waals surface area contributed by atoms with Gasteiger partial charge in [-0.05, 0) is 52.4 Å². The molecule has 2 aromatic heterocycles. The van der Waals surface area contributed by atoms with E-state index in [1.165, 1.54) is 10.9 Å². The lowest BCUT2D eigenvalue weighted by Crippen LogP contribution is -2.24. The van der Waals surface area contributed by atoms with Gasteiger partial charge in [0.05, 0.1) is 30.3 Å². The molecule has 0 radical (unpaired) electrons. The fourth-order valence-corrected chi connectivity index (χ4v) is 4.20. The van der Waals surface area contributed by atoms with Gasteiger partial charge in [-0.2, -0.15) is 5.10 Å². The number of carbonyl (C=O) groups excluding carboxylic acids is 1. The number of carbonyl (C=O) groups is 1. The van der Waals surface area contributed by atoms with Crippen molar-refractivity contribution in [1.82, 2.24) is 20.1 Å². The first-order chi connectivity index (χ1) is 17.2. The van der Waals surface area contributed by atoms with E-state index in [0.29, 0.717) is 5.69 Å². The smallest absolute Gasteiger partial charge is 0.255 e. The zero-order valence-electron chi connectivity index (χ0n) is 19.1. The van der Waals surface area contributed by atoms with Gasteiger partial charge in [-0.25, -0.2) is 9.07 Å². The van der Waals surface area contributed by atoms with E-state index in [4.69, 9.17) is 4.74 Å². The summed E-state index contributed by atoms with van der Waals surface area (Å²) in [4.78, 5) is 17.3. The molecule has 1 amide bonds. The number of nitrogens with one attached hydrogen (secondary N) is 1. The van der Waals surface area contributed by atoms with Crippen LogP contribution < -0.4 is 10.1 Å². The second kappa shape index (κ2) is 9.77. The zero-order valence-corrected chi connectivity index (χ0v) is 19.1. The van der Waals surface area contributed by atoms with Crippen molar-refractivity contribution in [3.05, 3.63) is 108 Å². The second-order valence-electron chi connectivity index (χ2n) is 7.99. The predicted molar refractivity (Wildman–Crippen MR) is 133 cm³/mol. The highest BCUT2D eigenvalue weighted by molar-refractivity contribution is 5.99. The molecule has 1 N–H and O–H groups in total. The normalized spacial score (nSPS) is 10.9. The standard InChI is InChI=1S/C28H23FN4O2/c1-35-22-9-5-6-19(14-22)23-11-10-20(25-17-30-13-12-24(23)25)16-31-28(34)26-18-32-33(27(26)15-29)21-7-3-2-4-8-21/h2-14,17-18H,15-16H2,1H3,(H,31,34). The molecule has 0 bridgehead atoms. The van der Waals surface area contributed by atoms with E-state index in [0.717, 1.165) is 33.2 Å². The third kappa shape index (κ3) is 4.36. The first kappa shape index (κ1) is 22.3. The number of amides is 1. The summed E-state index contributed by atoms with van der Waals surface area (Å²) in [6, 6.07) is 23.0. The van der Waals surface area contributed by atoms with Crippen molar-refractivity contribution in [2.75, 3.05) is 7.11 Å². The Labute approximate surface area is 202 Å². The van der Waals surface area contributed by atoms with E-state index in [-0.39, 0.29) is 23.7 Å². The maximum Gasteiger partial charge on any atom is 0.255 e. The summed E-state index contributed by atoms with van der Waals surface area (Å²) in [6.45, 7) is -0.540. The second-order valence-corrected chi connectivity index (χ2v) is 7.99. The number of nitrogens with zero attached hydrogens (tertiary/aromatic N) is 3. The molecule has 6 nitrogen and oxygen atoms in total. The highest BCUT2D eigenvalue weighted by Gasteiger charge is 2.19. The molecule has 0 aliphatic heterocycles. The number of benzene rings is 3. The molecular weight excluding hydrogens is 443 g/mol. The Bertz CT molecular complexity index is 1500. The third-order valence-corrected chi connectivity index (χ3v) is 5.97. The summed E-state index contributed by atoms with van der Waals surface area (Å²) in [6.07, 6.45) is 4.95. The summed E-state index contributed by atoms with van der Waals surface area (Å²) < 4.78 is 20.7. The van der Waals surface area contributed by atoms with Gasteiger partial charge in [0, 0.05) is 24.3 Å². The number of halogens is 1. The molecule has 0 fully saturated rings. The molecule has 5 aromatic rings.